The van der Waals surface area contributed by atoms with Crippen LogP contribution in [-0.2, 0) is 0 Å². The van der Waals surface area contributed by atoms with Gasteiger partial charge in [0.05, 0.1) is 25.0 Å². The van der Waals surface area contributed by atoms with E-state index >= 15 is 0 Å². The van der Waals surface area contributed by atoms with Gasteiger partial charge >= 0.3 is 0 Å². The maximum atomic E-state index is 13.0. The summed E-state index contributed by atoms with van der Waals surface area (Å²) in [7, 11) is 1.54. The topological polar surface area (TPSA) is 90.3 Å². The lowest BCUT2D eigenvalue weighted by atomic mass is 10.1. The SMILES string of the molecule is CCOc1ccc(-n2nc3cc(C)c(NC(=S)NC(=O)c4cc5ccccc5cc4OC)cc3n2)cc1. The zero-order chi connectivity index (χ0) is 25.9. The molecule has 0 aliphatic carbocycles. The van der Waals surface area contributed by atoms with Crippen molar-refractivity contribution >= 4 is 50.7 Å². The molecular weight excluding hydrogens is 486 g/mol. The first kappa shape index (κ1) is 24.2. The summed E-state index contributed by atoms with van der Waals surface area (Å²) in [5.74, 6) is 0.907. The molecule has 0 bridgehead atoms. The number of carbonyl (C=O) groups is 1. The number of nitrogens with one attached hydrogen (secondary N) is 2. The second-order valence-electron chi connectivity index (χ2n) is 8.38. The van der Waals surface area contributed by atoms with E-state index in [1.54, 1.807) is 10.9 Å². The van der Waals surface area contributed by atoms with Crippen molar-refractivity contribution in [1.82, 2.24) is 20.3 Å². The summed E-state index contributed by atoms with van der Waals surface area (Å²) in [6.45, 7) is 4.49. The Morgan fingerprint density at radius 2 is 1.65 bits per heavy atom. The predicted molar refractivity (Wildman–Crippen MR) is 149 cm³/mol. The van der Waals surface area contributed by atoms with Crippen LogP contribution in [0, 0.1) is 6.92 Å². The van der Waals surface area contributed by atoms with Gasteiger partial charge in [0.25, 0.3) is 5.91 Å². The maximum Gasteiger partial charge on any atom is 0.261 e. The van der Waals surface area contributed by atoms with Crippen molar-refractivity contribution in [3.63, 3.8) is 0 Å². The number of fused-ring (bicyclic) bond motifs is 2. The predicted octanol–water partition coefficient (Wildman–Crippen LogP) is 5.42. The van der Waals surface area contributed by atoms with Crippen LogP contribution in [0.3, 0.4) is 0 Å². The molecular formula is C28H25N5O3S. The fourth-order valence-corrected chi connectivity index (χ4v) is 4.25. The Labute approximate surface area is 219 Å². The van der Waals surface area contributed by atoms with Crippen molar-refractivity contribution in [2.24, 2.45) is 0 Å². The van der Waals surface area contributed by atoms with Gasteiger partial charge in [-0.1, -0.05) is 24.3 Å². The number of rotatable bonds is 6. The van der Waals surface area contributed by atoms with Crippen molar-refractivity contribution in [2.75, 3.05) is 19.0 Å². The molecule has 1 heterocycles. The zero-order valence-corrected chi connectivity index (χ0v) is 21.4. The summed E-state index contributed by atoms with van der Waals surface area (Å²) < 4.78 is 11.0. The minimum Gasteiger partial charge on any atom is -0.496 e. The van der Waals surface area contributed by atoms with Crippen molar-refractivity contribution in [3.05, 3.63) is 83.9 Å². The van der Waals surface area contributed by atoms with Crippen LogP contribution in [0.15, 0.2) is 72.8 Å². The van der Waals surface area contributed by atoms with Crippen molar-refractivity contribution in [2.45, 2.75) is 13.8 Å². The number of hydrogen-bond donors (Lipinski definition) is 2. The van der Waals surface area contributed by atoms with Gasteiger partial charge in [-0.25, -0.2) is 0 Å². The molecule has 37 heavy (non-hydrogen) atoms. The number of aryl methyl sites for hydroxylation is 1. The molecule has 0 spiro atoms. The molecule has 4 aromatic carbocycles. The van der Waals surface area contributed by atoms with E-state index in [-0.39, 0.29) is 11.0 Å². The average molecular weight is 512 g/mol. The van der Waals surface area contributed by atoms with Gasteiger partial charge in [-0.3, -0.25) is 10.1 Å². The second kappa shape index (κ2) is 10.2. The van der Waals surface area contributed by atoms with Crippen LogP contribution in [0.5, 0.6) is 11.5 Å². The van der Waals surface area contributed by atoms with Crippen LogP contribution in [0.4, 0.5) is 5.69 Å². The van der Waals surface area contributed by atoms with Crippen molar-refractivity contribution < 1.29 is 14.3 Å². The van der Waals surface area contributed by atoms with E-state index in [1.807, 2.05) is 80.6 Å². The van der Waals surface area contributed by atoms with Crippen LogP contribution in [0.2, 0.25) is 0 Å². The Morgan fingerprint density at radius 1 is 0.973 bits per heavy atom. The normalized spacial score (nSPS) is 10.9. The number of benzene rings is 4. The van der Waals surface area contributed by atoms with E-state index in [2.05, 4.69) is 20.8 Å². The van der Waals surface area contributed by atoms with E-state index < -0.39 is 0 Å². The lowest BCUT2D eigenvalue weighted by Crippen LogP contribution is -2.34. The molecule has 186 valence electrons. The number of anilines is 1. The van der Waals surface area contributed by atoms with E-state index in [1.165, 1.54) is 7.11 Å². The van der Waals surface area contributed by atoms with Gasteiger partial charge in [-0.05, 0) is 90.9 Å². The summed E-state index contributed by atoms with van der Waals surface area (Å²) in [4.78, 5) is 14.6. The minimum atomic E-state index is -0.361. The Bertz CT molecular complexity index is 1630. The molecule has 0 radical (unpaired) electrons. The van der Waals surface area contributed by atoms with Crippen LogP contribution in [0.1, 0.15) is 22.8 Å². The fraction of sp³-hybridized carbons (Fsp3) is 0.143. The van der Waals surface area contributed by atoms with Crippen LogP contribution in [-0.4, -0.2) is 39.7 Å². The highest BCUT2D eigenvalue weighted by Gasteiger charge is 2.16. The smallest absolute Gasteiger partial charge is 0.261 e. The molecule has 1 aromatic heterocycles. The second-order valence-corrected chi connectivity index (χ2v) is 8.79. The van der Waals surface area contributed by atoms with Gasteiger partial charge < -0.3 is 14.8 Å². The van der Waals surface area contributed by atoms with E-state index in [9.17, 15) is 4.79 Å². The summed E-state index contributed by atoms with van der Waals surface area (Å²) in [5.41, 5.74) is 4.28. The molecule has 0 fully saturated rings. The molecule has 0 saturated heterocycles. The molecule has 8 nitrogen and oxygen atoms in total. The molecule has 9 heteroatoms. The highest BCUT2D eigenvalue weighted by atomic mass is 32.1. The summed E-state index contributed by atoms with van der Waals surface area (Å²) in [5, 5.41) is 17.2. The van der Waals surface area contributed by atoms with Crippen molar-refractivity contribution in [3.8, 4) is 17.2 Å². The Kier molecular flexibility index (Phi) is 6.70. The van der Waals surface area contributed by atoms with Crippen LogP contribution in [0.25, 0.3) is 27.5 Å². The largest absolute Gasteiger partial charge is 0.496 e. The molecule has 0 aliphatic heterocycles. The standard InChI is InChI=1S/C28H25N5O3S/c1-4-36-21-11-9-20(10-12-21)33-31-24-13-17(2)23(16-25(24)32-33)29-28(37)30-27(34)22-14-18-7-5-6-8-19(18)15-26(22)35-3/h5-16H,4H2,1-3H3,(H2,29,30,34,37). The van der Waals surface area contributed by atoms with Gasteiger partial charge in [0.2, 0.25) is 0 Å². The number of methoxy groups -OCH3 is 1. The number of aromatic nitrogens is 3. The third-order valence-electron chi connectivity index (χ3n) is 5.89. The van der Waals surface area contributed by atoms with Crippen LogP contribution < -0.4 is 20.1 Å². The van der Waals surface area contributed by atoms with Gasteiger partial charge in [0.15, 0.2) is 5.11 Å². The fourth-order valence-electron chi connectivity index (χ4n) is 4.05. The molecule has 0 aliphatic rings. The Balaban J connectivity index is 1.34. The molecule has 0 saturated carbocycles. The first-order chi connectivity index (χ1) is 17.9. The lowest BCUT2D eigenvalue weighted by molar-refractivity contribution is 0.0975. The van der Waals surface area contributed by atoms with Gasteiger partial charge in [-0.2, -0.15) is 4.80 Å². The first-order valence-corrected chi connectivity index (χ1v) is 12.2. The summed E-state index contributed by atoms with van der Waals surface area (Å²) in [6, 6.07) is 22.8. The Morgan fingerprint density at radius 3 is 2.32 bits per heavy atom. The molecule has 2 N–H and O–H groups in total. The van der Waals surface area contributed by atoms with Crippen molar-refractivity contribution in [1.29, 1.82) is 0 Å². The van der Waals surface area contributed by atoms with E-state index in [0.717, 1.165) is 39.0 Å². The summed E-state index contributed by atoms with van der Waals surface area (Å²) in [6.07, 6.45) is 0. The number of nitrogens with zero attached hydrogens (tertiary/aromatic N) is 3. The monoisotopic (exact) mass is 511 g/mol. The molecule has 5 aromatic rings. The highest BCUT2D eigenvalue weighted by molar-refractivity contribution is 7.80. The quantitative estimate of drug-likeness (QED) is 0.294. The third-order valence-corrected chi connectivity index (χ3v) is 6.10. The van der Waals surface area contributed by atoms with E-state index in [4.69, 9.17) is 21.7 Å². The molecule has 0 unspecified atom stereocenters. The maximum absolute atomic E-state index is 13.0. The average Bonchev–Trinajstić information content (AvgIpc) is 3.31. The lowest BCUT2D eigenvalue weighted by Gasteiger charge is -2.14. The number of thiocarbonyl (C=S) groups is 1. The Hall–Kier alpha value is -4.50. The first-order valence-electron chi connectivity index (χ1n) is 11.7. The number of hydrogen-bond acceptors (Lipinski definition) is 6. The number of ether oxygens (including phenoxy) is 2. The zero-order valence-electron chi connectivity index (χ0n) is 20.6. The molecule has 5 rings (SSSR count). The van der Waals surface area contributed by atoms with Crippen LogP contribution >= 0.6 is 12.2 Å². The van der Waals surface area contributed by atoms with Gasteiger partial charge in [0, 0.05) is 5.69 Å². The van der Waals surface area contributed by atoms with Gasteiger partial charge in [-0.15, -0.1) is 10.2 Å². The number of carbonyl (C=O) groups excluding carboxylic acids is 1. The summed E-state index contributed by atoms with van der Waals surface area (Å²) >= 11 is 5.45. The molecule has 1 amide bonds. The minimum absolute atomic E-state index is 0.168. The molecule has 0 atom stereocenters. The van der Waals surface area contributed by atoms with Gasteiger partial charge in [0.1, 0.15) is 22.5 Å². The van der Waals surface area contributed by atoms with E-state index in [0.29, 0.717) is 23.4 Å². The third kappa shape index (κ3) is 5.07. The number of amides is 1. The highest BCUT2D eigenvalue weighted by Crippen LogP contribution is 2.26.